The average Bonchev–Trinajstić information content (AvgIpc) is 4.01. The molecule has 2 aliphatic heterocycles. The summed E-state index contributed by atoms with van der Waals surface area (Å²) in [6, 6.07) is 31.8. The molecule has 4 heterocycles. The van der Waals surface area contributed by atoms with Crippen LogP contribution in [-0.2, 0) is 22.4 Å². The van der Waals surface area contributed by atoms with Crippen molar-refractivity contribution in [3.8, 4) is 34.0 Å². The van der Waals surface area contributed by atoms with E-state index in [1.807, 2.05) is 71.4 Å². The molecule has 0 atom stereocenters. The van der Waals surface area contributed by atoms with Crippen molar-refractivity contribution in [2.24, 2.45) is 0 Å². The molecule has 14 heteroatoms. The van der Waals surface area contributed by atoms with Crippen LogP contribution in [0.4, 0.5) is 10.3 Å². The number of anilines is 2. The Labute approximate surface area is 350 Å². The van der Waals surface area contributed by atoms with Crippen molar-refractivity contribution in [2.45, 2.75) is 12.8 Å². The van der Waals surface area contributed by atoms with Crippen LogP contribution < -0.4 is 19.3 Å². The SMILES string of the molecule is COc1ccccc1/C=C1/SC(=S)N(c2nc(-c3ccc(CCc4ccc(-c5csc(N6C(=O)/C(=C\c7ccccc7OC)SC6=S)n5)cc4)cc3)cs2)C1=O. The van der Waals surface area contributed by atoms with Crippen molar-refractivity contribution in [1.29, 1.82) is 0 Å². The molecule has 0 aliphatic carbocycles. The molecule has 8 rings (SSSR count). The van der Waals surface area contributed by atoms with Gasteiger partial charge in [0, 0.05) is 33.0 Å². The normalized spacial score (nSPS) is 15.8. The van der Waals surface area contributed by atoms with Crippen molar-refractivity contribution in [2.75, 3.05) is 24.0 Å². The van der Waals surface area contributed by atoms with Crippen LogP contribution >= 0.6 is 70.6 Å². The first-order valence-corrected chi connectivity index (χ1v) is 21.4. The summed E-state index contributed by atoms with van der Waals surface area (Å²) >= 11 is 16.5. The maximum Gasteiger partial charge on any atom is 0.272 e. The molecule has 0 unspecified atom stereocenters. The highest BCUT2D eigenvalue weighted by atomic mass is 32.2. The van der Waals surface area contributed by atoms with Gasteiger partial charge in [0.1, 0.15) is 11.5 Å². The quantitative estimate of drug-likeness (QED) is 0.0928. The van der Waals surface area contributed by atoms with Gasteiger partial charge in [-0.25, -0.2) is 19.8 Å². The van der Waals surface area contributed by atoms with Gasteiger partial charge >= 0.3 is 0 Å². The van der Waals surface area contributed by atoms with Gasteiger partial charge in [0.25, 0.3) is 11.8 Å². The van der Waals surface area contributed by atoms with Crippen LogP contribution in [0.15, 0.2) is 118 Å². The zero-order valence-corrected chi connectivity index (χ0v) is 34.7. The van der Waals surface area contributed by atoms with Crippen LogP contribution in [0, 0.1) is 0 Å². The Morgan fingerprint density at radius 1 is 0.589 bits per heavy atom. The van der Waals surface area contributed by atoms with E-state index in [1.54, 1.807) is 14.2 Å². The van der Waals surface area contributed by atoms with Gasteiger partial charge in [-0.3, -0.25) is 9.59 Å². The van der Waals surface area contributed by atoms with E-state index in [4.69, 9.17) is 43.9 Å². The minimum atomic E-state index is -0.193. The second kappa shape index (κ2) is 16.6. The maximum atomic E-state index is 13.4. The molecule has 6 aromatic rings. The summed E-state index contributed by atoms with van der Waals surface area (Å²) < 4.78 is 11.8. The summed E-state index contributed by atoms with van der Waals surface area (Å²) in [5.41, 5.74) is 7.56. The fourth-order valence-corrected chi connectivity index (χ4v) is 10.5. The van der Waals surface area contributed by atoms with Gasteiger partial charge in [-0.1, -0.05) is 133 Å². The number of hydrogen-bond donors (Lipinski definition) is 0. The van der Waals surface area contributed by atoms with Crippen LogP contribution in [0.25, 0.3) is 34.7 Å². The van der Waals surface area contributed by atoms with E-state index in [1.165, 1.54) is 67.1 Å². The number of para-hydroxylation sites is 2. The predicted molar refractivity (Wildman–Crippen MR) is 240 cm³/mol. The minimum Gasteiger partial charge on any atom is -0.496 e. The van der Waals surface area contributed by atoms with Gasteiger partial charge in [-0.15, -0.1) is 22.7 Å². The van der Waals surface area contributed by atoms with Gasteiger partial charge in [-0.2, -0.15) is 0 Å². The summed E-state index contributed by atoms with van der Waals surface area (Å²) in [5.74, 6) is 0.993. The minimum absolute atomic E-state index is 0.193. The number of rotatable bonds is 11. The molecule has 4 aromatic carbocycles. The largest absolute Gasteiger partial charge is 0.496 e. The van der Waals surface area contributed by atoms with Crippen molar-refractivity contribution in [1.82, 2.24) is 9.97 Å². The van der Waals surface area contributed by atoms with Gasteiger partial charge < -0.3 is 9.47 Å². The monoisotopic (exact) mass is 846 g/mol. The molecule has 8 nitrogen and oxygen atoms in total. The first-order valence-electron chi connectivity index (χ1n) is 17.2. The summed E-state index contributed by atoms with van der Waals surface area (Å²) in [7, 11) is 3.22. The lowest BCUT2D eigenvalue weighted by atomic mass is 10.0. The molecule has 0 N–H and O–H groups in total. The van der Waals surface area contributed by atoms with Gasteiger partial charge in [0.15, 0.2) is 18.9 Å². The van der Waals surface area contributed by atoms with Gasteiger partial charge in [-0.05, 0) is 48.3 Å². The van der Waals surface area contributed by atoms with E-state index in [9.17, 15) is 9.59 Å². The van der Waals surface area contributed by atoms with E-state index in [0.717, 1.165) is 46.5 Å². The Hall–Kier alpha value is -4.96. The molecular formula is C42H30N4O4S6. The molecule has 0 bridgehead atoms. The highest BCUT2D eigenvalue weighted by molar-refractivity contribution is 8.27. The van der Waals surface area contributed by atoms with Crippen LogP contribution in [-0.4, -0.2) is 44.6 Å². The zero-order chi connectivity index (χ0) is 38.8. The molecule has 0 spiro atoms. The number of carbonyl (C=O) groups is 2. The summed E-state index contributed by atoms with van der Waals surface area (Å²) in [5, 5.41) is 5.00. The van der Waals surface area contributed by atoms with Crippen molar-refractivity contribution in [3.63, 3.8) is 0 Å². The van der Waals surface area contributed by atoms with E-state index in [2.05, 4.69) is 48.5 Å². The molecule has 278 valence electrons. The van der Waals surface area contributed by atoms with Crippen molar-refractivity contribution >= 4 is 114 Å². The lowest BCUT2D eigenvalue weighted by Crippen LogP contribution is -2.27. The number of hydrogen-bond acceptors (Lipinski definition) is 12. The number of methoxy groups -OCH3 is 2. The van der Waals surface area contributed by atoms with Gasteiger partial charge in [0.2, 0.25) is 0 Å². The first-order chi connectivity index (χ1) is 27.3. The Kier molecular flexibility index (Phi) is 11.3. The molecule has 0 saturated carbocycles. The Morgan fingerprint density at radius 2 is 0.982 bits per heavy atom. The van der Waals surface area contributed by atoms with E-state index < -0.39 is 0 Å². The van der Waals surface area contributed by atoms with Crippen molar-refractivity contribution in [3.05, 3.63) is 140 Å². The molecule has 2 aromatic heterocycles. The second-order valence-electron chi connectivity index (χ2n) is 12.4. The highest BCUT2D eigenvalue weighted by Gasteiger charge is 2.36. The number of nitrogens with zero attached hydrogens (tertiary/aromatic N) is 4. The van der Waals surface area contributed by atoms with E-state index in [0.29, 0.717) is 40.2 Å². The van der Waals surface area contributed by atoms with Crippen LogP contribution in [0.5, 0.6) is 11.5 Å². The fourth-order valence-electron chi connectivity index (χ4n) is 6.09. The Bertz CT molecular complexity index is 2380. The Morgan fingerprint density at radius 3 is 1.38 bits per heavy atom. The maximum absolute atomic E-state index is 13.4. The number of ether oxygens (including phenoxy) is 2. The predicted octanol–water partition coefficient (Wildman–Crippen LogP) is 10.5. The highest BCUT2D eigenvalue weighted by Crippen LogP contribution is 2.41. The number of carbonyl (C=O) groups excluding carboxylic acids is 2. The van der Waals surface area contributed by atoms with Crippen molar-refractivity contribution < 1.29 is 19.1 Å². The molecule has 2 aliphatic rings. The van der Waals surface area contributed by atoms with E-state index in [-0.39, 0.29) is 11.8 Å². The number of benzene rings is 4. The van der Waals surface area contributed by atoms with Gasteiger partial charge in [0.05, 0.1) is 35.4 Å². The summed E-state index contributed by atoms with van der Waals surface area (Å²) in [4.78, 5) is 40.4. The number of aromatic nitrogens is 2. The summed E-state index contributed by atoms with van der Waals surface area (Å²) in [6.45, 7) is 0. The number of thiazole rings is 2. The average molecular weight is 847 g/mol. The third-order valence-corrected chi connectivity index (χ3v) is 13.3. The number of amides is 2. The third-order valence-electron chi connectivity index (χ3n) is 9.01. The smallest absolute Gasteiger partial charge is 0.272 e. The van der Waals surface area contributed by atoms with Crippen LogP contribution in [0.1, 0.15) is 22.3 Å². The second-order valence-corrected chi connectivity index (χ2v) is 17.5. The van der Waals surface area contributed by atoms with Crippen LogP contribution in [0.3, 0.4) is 0 Å². The molecule has 0 radical (unpaired) electrons. The lowest BCUT2D eigenvalue weighted by Gasteiger charge is -2.10. The molecule has 56 heavy (non-hydrogen) atoms. The van der Waals surface area contributed by atoms with E-state index >= 15 is 0 Å². The number of aryl methyl sites for hydroxylation is 2. The molecule has 2 saturated heterocycles. The molecule has 2 fully saturated rings. The fraction of sp³-hybridized carbons (Fsp3) is 0.0952. The zero-order valence-electron chi connectivity index (χ0n) is 29.8. The standard InChI is InChI=1S/C42H30N4O4S6/c1-49-33-9-5-3-7-29(33)21-35-37(47)45(41(51)55-35)39-43-31(23-53-39)27-17-13-25(14-18-27)11-12-26-15-19-28(20-16-26)32-24-54-40(44-32)46-38(48)36(56-42(46)52)22-30-8-4-6-10-34(30)50-2/h3-10,13-24H,11-12H2,1-2H3/b35-21+,36-22+. The first kappa shape index (κ1) is 37.9. The third kappa shape index (κ3) is 7.85. The molecular weight excluding hydrogens is 817 g/mol. The Balaban J connectivity index is 0.877. The van der Waals surface area contributed by atoms with Crippen LogP contribution in [0.2, 0.25) is 0 Å². The number of thioether (sulfide) groups is 2. The lowest BCUT2D eigenvalue weighted by molar-refractivity contribution is -0.114. The number of thiocarbonyl (C=S) groups is 2. The topological polar surface area (TPSA) is 84.9 Å². The molecule has 2 amide bonds. The summed E-state index contributed by atoms with van der Waals surface area (Å²) in [6.07, 6.45) is 5.36.